The van der Waals surface area contributed by atoms with Gasteiger partial charge in [0.05, 0.1) is 16.8 Å². The number of furan rings is 1. The van der Waals surface area contributed by atoms with Gasteiger partial charge in [-0.2, -0.15) is 4.99 Å². The van der Waals surface area contributed by atoms with Crippen LogP contribution in [-0.4, -0.2) is 10.5 Å². The predicted octanol–water partition coefficient (Wildman–Crippen LogP) is 5.06. The third kappa shape index (κ3) is 3.41. The van der Waals surface area contributed by atoms with Crippen molar-refractivity contribution in [3.63, 3.8) is 0 Å². The lowest BCUT2D eigenvalue weighted by molar-refractivity contribution is 0.0971. The summed E-state index contributed by atoms with van der Waals surface area (Å²) in [4.78, 5) is 18.4. The molecule has 4 rings (SSSR count). The third-order valence-electron chi connectivity index (χ3n) is 4.32. The number of rotatable bonds is 3. The molecule has 2 heterocycles. The van der Waals surface area contributed by atoms with Gasteiger partial charge in [-0.25, -0.2) is 0 Å². The van der Waals surface area contributed by atoms with E-state index in [4.69, 9.17) is 4.42 Å². The summed E-state index contributed by atoms with van der Waals surface area (Å²) >= 11 is 1.50. The molecule has 0 aliphatic heterocycles. The minimum absolute atomic E-state index is 0.238. The lowest BCUT2D eigenvalue weighted by Crippen LogP contribution is -2.14. The van der Waals surface area contributed by atoms with Gasteiger partial charge in [-0.3, -0.25) is 4.79 Å². The maximum atomic E-state index is 12.4. The number of aryl methyl sites for hydroxylation is 1. The highest BCUT2D eigenvalue weighted by atomic mass is 32.1. The average molecular weight is 374 g/mol. The van der Waals surface area contributed by atoms with Gasteiger partial charge in [0, 0.05) is 7.05 Å². The van der Waals surface area contributed by atoms with E-state index < -0.39 is 0 Å². The Kier molecular flexibility index (Phi) is 4.60. The largest absolute Gasteiger partial charge is 0.459 e. The molecular weight excluding hydrogens is 356 g/mol. The number of carbonyl (C=O) groups excluding carboxylic acids is 1. The minimum Gasteiger partial charge on any atom is -0.459 e. The highest BCUT2D eigenvalue weighted by Gasteiger charge is 2.16. The van der Waals surface area contributed by atoms with Crippen molar-refractivity contribution in [2.75, 3.05) is 0 Å². The van der Waals surface area contributed by atoms with Gasteiger partial charge in [0.2, 0.25) is 0 Å². The van der Waals surface area contributed by atoms with Gasteiger partial charge < -0.3 is 8.98 Å². The molecule has 0 atom stereocenters. The van der Waals surface area contributed by atoms with Crippen molar-refractivity contribution in [1.82, 2.24) is 4.57 Å². The highest BCUT2D eigenvalue weighted by molar-refractivity contribution is 7.13. The average Bonchev–Trinajstić information content (AvgIpc) is 3.33. The normalized spacial score (nSPS) is 11.7. The van der Waals surface area contributed by atoms with E-state index in [1.54, 1.807) is 12.1 Å². The quantitative estimate of drug-likeness (QED) is 0.503. The summed E-state index contributed by atoms with van der Waals surface area (Å²) in [7, 11) is 1.94. The van der Waals surface area contributed by atoms with Gasteiger partial charge in [-0.15, -0.1) is 0 Å². The molecular formula is C22H18N2O2S. The Morgan fingerprint density at radius 2 is 1.70 bits per heavy atom. The van der Waals surface area contributed by atoms with Crippen LogP contribution in [0.1, 0.15) is 16.1 Å². The Bertz CT molecular complexity index is 1140. The first-order valence-corrected chi connectivity index (χ1v) is 9.40. The minimum atomic E-state index is -0.382. The van der Waals surface area contributed by atoms with E-state index in [2.05, 4.69) is 48.3 Å². The fourth-order valence-electron chi connectivity index (χ4n) is 2.92. The van der Waals surface area contributed by atoms with Crippen molar-refractivity contribution in [1.29, 1.82) is 0 Å². The summed E-state index contributed by atoms with van der Waals surface area (Å²) in [5, 5.41) is 0. The van der Waals surface area contributed by atoms with Crippen molar-refractivity contribution in [3.05, 3.63) is 89.1 Å². The molecule has 0 fully saturated rings. The van der Waals surface area contributed by atoms with Crippen LogP contribution in [-0.2, 0) is 7.05 Å². The third-order valence-corrected chi connectivity index (χ3v) is 5.50. The number of hydrogen-bond donors (Lipinski definition) is 0. The van der Waals surface area contributed by atoms with Gasteiger partial charge in [0.25, 0.3) is 0 Å². The van der Waals surface area contributed by atoms with Gasteiger partial charge in [-0.05, 0) is 30.2 Å². The zero-order valence-electron chi connectivity index (χ0n) is 15.0. The first-order valence-electron chi connectivity index (χ1n) is 8.58. The van der Waals surface area contributed by atoms with Crippen molar-refractivity contribution in [2.24, 2.45) is 12.0 Å². The molecule has 0 saturated carbocycles. The van der Waals surface area contributed by atoms with Crippen LogP contribution in [0.4, 0.5) is 0 Å². The molecule has 4 aromatic rings. The maximum Gasteiger partial charge on any atom is 0.315 e. The number of amides is 1. The van der Waals surface area contributed by atoms with Gasteiger partial charge in [-0.1, -0.05) is 71.5 Å². The summed E-state index contributed by atoms with van der Waals surface area (Å²) in [5.41, 5.74) is 4.43. The van der Waals surface area contributed by atoms with Crippen molar-refractivity contribution < 1.29 is 9.21 Å². The Morgan fingerprint density at radius 1 is 0.963 bits per heavy atom. The van der Waals surface area contributed by atoms with Crippen LogP contribution < -0.4 is 4.80 Å². The first-order chi connectivity index (χ1) is 13.1. The molecule has 0 saturated heterocycles. The summed E-state index contributed by atoms with van der Waals surface area (Å²) < 4.78 is 7.15. The molecule has 5 heteroatoms. The predicted molar refractivity (Wildman–Crippen MR) is 108 cm³/mol. The van der Waals surface area contributed by atoms with E-state index in [1.807, 2.05) is 29.8 Å². The van der Waals surface area contributed by atoms with Crippen molar-refractivity contribution >= 4 is 17.2 Å². The second-order valence-corrected chi connectivity index (χ2v) is 7.23. The molecule has 0 aliphatic rings. The van der Waals surface area contributed by atoms with Gasteiger partial charge >= 0.3 is 5.91 Å². The Balaban J connectivity index is 1.92. The maximum absolute atomic E-state index is 12.4. The van der Waals surface area contributed by atoms with E-state index in [0.717, 1.165) is 21.7 Å². The molecule has 0 radical (unpaired) electrons. The smallest absolute Gasteiger partial charge is 0.315 e. The molecule has 27 heavy (non-hydrogen) atoms. The van der Waals surface area contributed by atoms with Crippen LogP contribution in [0.25, 0.3) is 21.7 Å². The summed E-state index contributed by atoms with van der Waals surface area (Å²) in [6.45, 7) is 2.07. The van der Waals surface area contributed by atoms with Crippen molar-refractivity contribution in [2.45, 2.75) is 6.92 Å². The number of hydrogen-bond acceptors (Lipinski definition) is 3. The topological polar surface area (TPSA) is 47.5 Å². The van der Waals surface area contributed by atoms with E-state index in [9.17, 15) is 4.79 Å². The lowest BCUT2D eigenvalue weighted by Gasteiger charge is -2.07. The van der Waals surface area contributed by atoms with Crippen LogP contribution in [0.15, 0.2) is 82.4 Å². The van der Waals surface area contributed by atoms with Crippen molar-refractivity contribution in [3.8, 4) is 21.7 Å². The van der Waals surface area contributed by atoms with E-state index in [0.29, 0.717) is 4.80 Å². The SMILES string of the molecule is Cc1ccc(-c2c(-c3ccccc3)sc(=NC(=O)c3ccco3)n2C)cc1. The molecule has 2 aromatic heterocycles. The number of aromatic nitrogens is 1. The number of benzene rings is 2. The summed E-state index contributed by atoms with van der Waals surface area (Å²) in [6.07, 6.45) is 1.48. The van der Waals surface area contributed by atoms with Crippen LogP contribution in [0, 0.1) is 6.92 Å². The second-order valence-electron chi connectivity index (χ2n) is 6.25. The second kappa shape index (κ2) is 7.21. The Labute approximate surface area is 161 Å². The molecule has 0 unspecified atom stereocenters. The zero-order chi connectivity index (χ0) is 18.8. The number of thiazole rings is 1. The van der Waals surface area contributed by atoms with E-state index >= 15 is 0 Å². The van der Waals surface area contributed by atoms with Crippen LogP contribution in [0.5, 0.6) is 0 Å². The van der Waals surface area contributed by atoms with Gasteiger partial charge in [0.15, 0.2) is 10.6 Å². The molecule has 134 valence electrons. The zero-order valence-corrected chi connectivity index (χ0v) is 15.9. The molecule has 0 bridgehead atoms. The summed E-state index contributed by atoms with van der Waals surface area (Å²) in [6, 6.07) is 21.8. The monoisotopic (exact) mass is 374 g/mol. The van der Waals surface area contributed by atoms with Crippen LogP contribution >= 0.6 is 11.3 Å². The van der Waals surface area contributed by atoms with E-state index in [1.165, 1.54) is 23.2 Å². The van der Waals surface area contributed by atoms with Gasteiger partial charge in [0.1, 0.15) is 0 Å². The van der Waals surface area contributed by atoms with E-state index in [-0.39, 0.29) is 11.7 Å². The molecule has 2 aromatic carbocycles. The van der Waals surface area contributed by atoms with Crippen LogP contribution in [0.3, 0.4) is 0 Å². The Hall–Kier alpha value is -3.18. The standard InChI is InChI=1S/C22H18N2O2S/c1-15-10-12-16(13-11-15)19-20(17-7-4-3-5-8-17)27-22(24(19)2)23-21(25)18-9-6-14-26-18/h3-14H,1-2H3. The molecule has 0 spiro atoms. The summed E-state index contributed by atoms with van der Waals surface area (Å²) in [5.74, 6) is -0.145. The molecule has 0 aliphatic carbocycles. The molecule has 1 amide bonds. The number of nitrogens with zero attached hydrogens (tertiary/aromatic N) is 2. The first kappa shape index (κ1) is 17.2. The fourth-order valence-corrected chi connectivity index (χ4v) is 4.06. The van der Waals surface area contributed by atoms with Crippen LogP contribution in [0.2, 0.25) is 0 Å². The number of carbonyl (C=O) groups is 1. The highest BCUT2D eigenvalue weighted by Crippen LogP contribution is 2.34. The Morgan fingerprint density at radius 3 is 2.37 bits per heavy atom. The molecule has 0 N–H and O–H groups in total. The fraction of sp³-hybridized carbons (Fsp3) is 0.0909. The lowest BCUT2D eigenvalue weighted by atomic mass is 10.1. The molecule has 4 nitrogen and oxygen atoms in total.